The summed E-state index contributed by atoms with van der Waals surface area (Å²) in [5.41, 5.74) is 1.76. The van der Waals surface area contributed by atoms with Crippen molar-refractivity contribution in [3.8, 4) is 0 Å². The van der Waals surface area contributed by atoms with Gasteiger partial charge in [0.25, 0.3) is 5.91 Å². The molecule has 2 heterocycles. The fourth-order valence-corrected chi connectivity index (χ4v) is 6.97. The Morgan fingerprint density at radius 2 is 1.88 bits per heavy atom. The number of carbonyl (C=O) groups is 4. The average Bonchev–Trinajstić information content (AvgIpc) is 3.72. The number of amides is 5. The van der Waals surface area contributed by atoms with Crippen LogP contribution in [0.1, 0.15) is 60.6 Å². The standard InChI is InChI=1S/C31H43N7O5/c1-19(18-43-4)24-17-38(30(42)35-24)31(29(41)32-2)15-21-10-11-23(14-22(21)16-31)34-28(40)26(20-8-6-5-7-9-20)36-27(39)25-12-13-33-37(25)3/h10-14,19-20,24,26H,5-9,15-18H2,1-4H3,(H,32,41)(H,34,40)(H,35,42)(H,36,39)/t19?,24?,26-,31?/m0/s1. The van der Waals surface area contributed by atoms with Gasteiger partial charge in [0.1, 0.15) is 17.3 Å². The molecule has 3 unspecified atom stereocenters. The number of aromatic nitrogens is 2. The number of likely N-dealkylation sites (N-methyl/N-ethyl adjacent to an activating group) is 1. The zero-order valence-corrected chi connectivity index (χ0v) is 25.4. The van der Waals surface area contributed by atoms with E-state index in [1.807, 2.05) is 25.1 Å². The van der Waals surface area contributed by atoms with Gasteiger partial charge < -0.3 is 30.9 Å². The molecule has 1 aromatic carbocycles. The lowest BCUT2D eigenvalue weighted by atomic mass is 9.83. The zero-order valence-electron chi connectivity index (χ0n) is 25.4. The monoisotopic (exact) mass is 593 g/mol. The Hall–Kier alpha value is -3.93. The van der Waals surface area contributed by atoms with Crippen molar-refractivity contribution >= 4 is 29.4 Å². The van der Waals surface area contributed by atoms with E-state index in [9.17, 15) is 19.2 Å². The first kappa shape index (κ1) is 30.5. The molecule has 1 saturated carbocycles. The minimum atomic E-state index is -1.08. The van der Waals surface area contributed by atoms with Crippen LogP contribution in [0.2, 0.25) is 0 Å². The van der Waals surface area contributed by atoms with Crippen molar-refractivity contribution in [1.29, 1.82) is 0 Å². The van der Waals surface area contributed by atoms with E-state index >= 15 is 0 Å². The molecule has 4 N–H and O–H groups in total. The highest BCUT2D eigenvalue weighted by molar-refractivity contribution is 6.01. The Balaban J connectivity index is 1.34. The van der Waals surface area contributed by atoms with Crippen molar-refractivity contribution in [2.45, 2.75) is 69.5 Å². The van der Waals surface area contributed by atoms with Gasteiger partial charge in [-0.05, 0) is 48.1 Å². The van der Waals surface area contributed by atoms with E-state index in [4.69, 9.17) is 4.74 Å². The lowest BCUT2D eigenvalue weighted by Gasteiger charge is -2.36. The Kier molecular flexibility index (Phi) is 9.05. The topological polar surface area (TPSA) is 147 Å². The summed E-state index contributed by atoms with van der Waals surface area (Å²) >= 11 is 0. The van der Waals surface area contributed by atoms with Gasteiger partial charge in [0.15, 0.2) is 0 Å². The molecule has 5 amide bonds. The third kappa shape index (κ3) is 6.11. The number of urea groups is 1. The van der Waals surface area contributed by atoms with Crippen LogP contribution in [0.15, 0.2) is 30.5 Å². The number of methoxy groups -OCH3 is 1. The van der Waals surface area contributed by atoms with Gasteiger partial charge in [-0.2, -0.15) is 5.10 Å². The number of nitrogens with one attached hydrogen (secondary N) is 4. The van der Waals surface area contributed by atoms with Crippen molar-refractivity contribution in [3.63, 3.8) is 0 Å². The Morgan fingerprint density at radius 3 is 2.56 bits per heavy atom. The smallest absolute Gasteiger partial charge is 0.318 e. The van der Waals surface area contributed by atoms with Gasteiger partial charge in [-0.25, -0.2) is 4.79 Å². The van der Waals surface area contributed by atoms with Gasteiger partial charge in [0, 0.05) is 58.4 Å². The van der Waals surface area contributed by atoms with Gasteiger partial charge in [-0.15, -0.1) is 0 Å². The fraction of sp³-hybridized carbons (Fsp3) is 0.581. The molecule has 12 nitrogen and oxygen atoms in total. The number of benzene rings is 1. The second-order valence-electron chi connectivity index (χ2n) is 12.2. The summed E-state index contributed by atoms with van der Waals surface area (Å²) in [5, 5.41) is 15.9. The average molecular weight is 594 g/mol. The molecule has 1 aromatic heterocycles. The lowest BCUT2D eigenvalue weighted by Crippen LogP contribution is -2.60. The number of nitrogens with zero attached hydrogens (tertiary/aromatic N) is 3. The van der Waals surface area contributed by atoms with Crippen LogP contribution in [0.5, 0.6) is 0 Å². The summed E-state index contributed by atoms with van der Waals surface area (Å²) < 4.78 is 6.78. The highest BCUT2D eigenvalue weighted by Gasteiger charge is 2.53. The normalized spacial score (nSPS) is 23.3. The SMILES string of the molecule is CNC(=O)C1(N2CC(C(C)COC)NC2=O)Cc2ccc(NC(=O)[C@@H](NC(=O)c3ccnn3C)C3CCCCC3)cc2C1. The predicted octanol–water partition coefficient (Wildman–Crippen LogP) is 2.00. The Bertz CT molecular complexity index is 1370. The number of fused-ring (bicyclic) bond motifs is 1. The third-order valence-corrected chi connectivity index (χ3v) is 9.40. The number of hydrogen-bond acceptors (Lipinski definition) is 6. The number of ether oxygens (including phenoxy) is 1. The molecule has 1 saturated heterocycles. The van der Waals surface area contributed by atoms with Gasteiger partial charge in [0.2, 0.25) is 11.8 Å². The quantitative estimate of drug-likeness (QED) is 0.332. The molecule has 5 rings (SSSR count). The van der Waals surface area contributed by atoms with Crippen molar-refractivity contribution in [2.75, 3.05) is 32.6 Å². The predicted molar refractivity (Wildman–Crippen MR) is 160 cm³/mol. The van der Waals surface area contributed by atoms with E-state index in [-0.39, 0.29) is 41.6 Å². The zero-order chi connectivity index (χ0) is 30.7. The molecule has 0 radical (unpaired) electrons. The molecule has 3 aliphatic rings. The highest BCUT2D eigenvalue weighted by Crippen LogP contribution is 2.38. The van der Waals surface area contributed by atoms with Gasteiger partial charge in [0.05, 0.1) is 12.6 Å². The molecule has 2 fully saturated rings. The first-order chi connectivity index (χ1) is 20.7. The first-order valence-corrected chi connectivity index (χ1v) is 15.2. The van der Waals surface area contributed by atoms with Gasteiger partial charge in [-0.3, -0.25) is 19.1 Å². The van der Waals surface area contributed by atoms with E-state index in [0.717, 1.165) is 43.2 Å². The van der Waals surface area contributed by atoms with Crippen molar-refractivity contribution in [3.05, 3.63) is 47.3 Å². The van der Waals surface area contributed by atoms with E-state index in [1.165, 1.54) is 4.68 Å². The molecule has 0 bridgehead atoms. The molecule has 2 aromatic rings. The molecule has 12 heteroatoms. The summed E-state index contributed by atoms with van der Waals surface area (Å²) in [5.74, 6) is -0.714. The fourth-order valence-electron chi connectivity index (χ4n) is 6.97. The molecule has 4 atom stereocenters. The van der Waals surface area contributed by atoms with Crippen LogP contribution in [0, 0.1) is 11.8 Å². The molecular formula is C31H43N7O5. The maximum absolute atomic E-state index is 13.7. The van der Waals surface area contributed by atoms with Crippen molar-refractivity contribution < 1.29 is 23.9 Å². The van der Waals surface area contributed by atoms with E-state index in [1.54, 1.807) is 38.4 Å². The van der Waals surface area contributed by atoms with E-state index < -0.39 is 11.6 Å². The number of rotatable bonds is 10. The van der Waals surface area contributed by atoms with Crippen molar-refractivity contribution in [1.82, 2.24) is 30.6 Å². The van der Waals surface area contributed by atoms with Crippen LogP contribution < -0.4 is 21.3 Å². The van der Waals surface area contributed by atoms with Crippen LogP contribution in [0.25, 0.3) is 0 Å². The maximum atomic E-state index is 13.7. The summed E-state index contributed by atoms with van der Waals surface area (Å²) in [7, 11) is 4.91. The third-order valence-electron chi connectivity index (χ3n) is 9.40. The van der Waals surface area contributed by atoms with Crippen LogP contribution in [0.3, 0.4) is 0 Å². The number of carbonyl (C=O) groups excluding carboxylic acids is 4. The summed E-state index contributed by atoms with van der Waals surface area (Å²) in [6, 6.07) is 6.16. The minimum absolute atomic E-state index is 0.0309. The molecular weight excluding hydrogens is 550 g/mol. The van der Waals surface area contributed by atoms with Crippen molar-refractivity contribution in [2.24, 2.45) is 18.9 Å². The Morgan fingerprint density at radius 1 is 1.14 bits per heavy atom. The molecule has 232 valence electrons. The van der Waals surface area contributed by atoms with Crippen LogP contribution in [-0.2, 0) is 34.2 Å². The number of anilines is 1. The van der Waals surface area contributed by atoms with E-state index in [0.29, 0.717) is 37.4 Å². The Labute approximate surface area is 252 Å². The van der Waals surface area contributed by atoms with Crippen LogP contribution in [-0.4, -0.2) is 83.4 Å². The largest absolute Gasteiger partial charge is 0.384 e. The molecule has 1 aliphatic heterocycles. The minimum Gasteiger partial charge on any atom is -0.384 e. The van der Waals surface area contributed by atoms with Crippen LogP contribution >= 0.6 is 0 Å². The summed E-state index contributed by atoms with van der Waals surface area (Å²) in [4.78, 5) is 55.0. The van der Waals surface area contributed by atoms with Crippen LogP contribution in [0.4, 0.5) is 10.5 Å². The lowest BCUT2D eigenvalue weighted by molar-refractivity contribution is -0.130. The highest BCUT2D eigenvalue weighted by atomic mass is 16.5. The first-order valence-electron chi connectivity index (χ1n) is 15.2. The van der Waals surface area contributed by atoms with Gasteiger partial charge in [-0.1, -0.05) is 32.3 Å². The molecule has 0 spiro atoms. The van der Waals surface area contributed by atoms with Gasteiger partial charge >= 0.3 is 6.03 Å². The maximum Gasteiger partial charge on any atom is 0.318 e. The molecule has 43 heavy (non-hydrogen) atoms. The summed E-state index contributed by atoms with van der Waals surface area (Å²) in [6.07, 6.45) is 7.15. The number of aryl methyl sites for hydroxylation is 1. The number of hydrogen-bond donors (Lipinski definition) is 4. The second-order valence-corrected chi connectivity index (χ2v) is 12.2. The summed E-state index contributed by atoms with van der Waals surface area (Å²) in [6.45, 7) is 2.91. The molecule has 2 aliphatic carbocycles. The van der Waals surface area contributed by atoms with E-state index in [2.05, 4.69) is 26.4 Å². The second kappa shape index (κ2) is 12.7.